The molecule has 0 fully saturated rings. The van der Waals surface area contributed by atoms with Crippen LogP contribution in [0.25, 0.3) is 20.5 Å². The second-order valence-corrected chi connectivity index (χ2v) is 5.33. The van der Waals surface area contributed by atoms with Gasteiger partial charge in [-0.3, -0.25) is 4.79 Å². The van der Waals surface area contributed by atoms with Gasteiger partial charge in [0.15, 0.2) is 5.43 Å². The molecule has 0 saturated heterocycles. The van der Waals surface area contributed by atoms with Crippen molar-refractivity contribution in [2.24, 2.45) is 0 Å². The lowest BCUT2D eigenvalue weighted by Gasteiger charge is -2.03. The highest BCUT2D eigenvalue weighted by molar-refractivity contribution is 7.66. The van der Waals surface area contributed by atoms with E-state index >= 15 is 0 Å². The molecule has 1 aliphatic carbocycles. The smallest absolute Gasteiger partial charge is 0.289 e. The Bertz CT molecular complexity index is 746. The van der Waals surface area contributed by atoms with E-state index in [1.807, 2.05) is 30.3 Å². The summed E-state index contributed by atoms with van der Waals surface area (Å²) in [6.07, 6.45) is 0. The maximum Gasteiger partial charge on any atom is 0.506 e. The largest absolute Gasteiger partial charge is 0.506 e. The van der Waals surface area contributed by atoms with Crippen LogP contribution in [-0.4, -0.2) is 0 Å². The quantitative estimate of drug-likeness (QED) is 0.497. The molecule has 0 spiro atoms. The number of hydrogen-bond acceptors (Lipinski definition) is 3. The summed E-state index contributed by atoms with van der Waals surface area (Å²) in [6.45, 7) is 0. The highest BCUT2D eigenvalue weighted by atomic mass is 32.1. The fourth-order valence-corrected chi connectivity index (χ4v) is 3.41. The van der Waals surface area contributed by atoms with Crippen LogP contribution in [0, 0.1) is 0 Å². The molecular formula is C13H7O2S2+. The van der Waals surface area contributed by atoms with Gasteiger partial charge in [0.05, 0.1) is 0 Å². The lowest BCUT2D eigenvalue weighted by Crippen LogP contribution is -2.04. The van der Waals surface area contributed by atoms with Crippen LogP contribution in [0.2, 0.25) is 0 Å². The highest BCUT2D eigenvalue weighted by Crippen LogP contribution is 2.33. The summed E-state index contributed by atoms with van der Waals surface area (Å²) in [5, 5.41) is 1.04. The molecule has 1 aromatic rings. The predicted octanol–water partition coefficient (Wildman–Crippen LogP) is 3.15. The number of rotatable bonds is 1. The standard InChI is InChI=1S/C13H7O2S2/c14-10-5-6-12(17-15)13-9(10)7-8-3-1-2-4-11(8)16-13/h1-7H/q+1. The Morgan fingerprint density at radius 3 is 2.71 bits per heavy atom. The van der Waals surface area contributed by atoms with Gasteiger partial charge in [0.2, 0.25) is 0 Å². The van der Waals surface area contributed by atoms with Gasteiger partial charge in [0.25, 0.3) is 0 Å². The second kappa shape index (κ2) is 3.98. The third-order valence-electron chi connectivity index (χ3n) is 2.64. The van der Waals surface area contributed by atoms with E-state index in [4.69, 9.17) is 0 Å². The summed E-state index contributed by atoms with van der Waals surface area (Å²) in [7, 11) is 0. The number of hydrogen-bond donors (Lipinski definition) is 0. The van der Waals surface area contributed by atoms with E-state index in [-0.39, 0.29) is 5.43 Å². The van der Waals surface area contributed by atoms with Crippen molar-refractivity contribution in [3.05, 3.63) is 52.7 Å². The number of benzene rings is 2. The molecule has 1 aromatic carbocycles. The van der Waals surface area contributed by atoms with E-state index < -0.39 is 0 Å². The summed E-state index contributed by atoms with van der Waals surface area (Å²) >= 11 is 1.93. The molecule has 2 aliphatic rings. The van der Waals surface area contributed by atoms with Crippen LogP contribution in [0.5, 0.6) is 0 Å². The molecule has 4 heteroatoms. The summed E-state index contributed by atoms with van der Waals surface area (Å²) in [6, 6.07) is 12.8. The van der Waals surface area contributed by atoms with Gasteiger partial charge >= 0.3 is 16.6 Å². The van der Waals surface area contributed by atoms with E-state index in [2.05, 4.69) is 0 Å². The Labute approximate surface area is 105 Å². The van der Waals surface area contributed by atoms with Crippen molar-refractivity contribution >= 4 is 33.1 Å². The fourth-order valence-electron chi connectivity index (χ4n) is 1.83. The summed E-state index contributed by atoms with van der Waals surface area (Å²) in [5.41, 5.74) is 0.606. The molecule has 17 heavy (non-hydrogen) atoms. The molecule has 1 heterocycles. The zero-order valence-electron chi connectivity index (χ0n) is 8.67. The van der Waals surface area contributed by atoms with Crippen molar-refractivity contribution in [3.63, 3.8) is 0 Å². The lowest BCUT2D eigenvalue weighted by molar-refractivity contribution is 0.605. The Hall–Kier alpha value is -1.65. The van der Waals surface area contributed by atoms with E-state index in [1.165, 1.54) is 17.4 Å². The molecule has 0 amide bonds. The van der Waals surface area contributed by atoms with Crippen LogP contribution in [-0.2, 0) is 15.9 Å². The molecule has 2 nitrogen and oxygen atoms in total. The Kier molecular flexibility index (Phi) is 2.46. The first-order chi connectivity index (χ1) is 8.29. The molecular weight excluding hydrogens is 252 g/mol. The zero-order chi connectivity index (χ0) is 11.8. The minimum atomic E-state index is -0.0280. The number of fused-ring (bicyclic) bond motifs is 2. The molecule has 0 radical (unpaired) electrons. The van der Waals surface area contributed by atoms with Crippen molar-refractivity contribution in [1.29, 1.82) is 0 Å². The fraction of sp³-hybridized carbons (Fsp3) is 0. The summed E-state index contributed by atoms with van der Waals surface area (Å²) in [4.78, 5) is 13.2. The molecule has 1 aliphatic heterocycles. The van der Waals surface area contributed by atoms with Crippen molar-refractivity contribution < 1.29 is 4.21 Å². The van der Waals surface area contributed by atoms with Gasteiger partial charge in [0, 0.05) is 20.5 Å². The van der Waals surface area contributed by atoms with Gasteiger partial charge in [0.1, 0.15) is 4.88 Å². The minimum absolute atomic E-state index is 0.0280. The normalized spacial score (nSPS) is 10.8. The first-order valence-corrected chi connectivity index (χ1v) is 6.61. The highest BCUT2D eigenvalue weighted by Gasteiger charge is 2.21. The Morgan fingerprint density at radius 1 is 1.06 bits per heavy atom. The first kappa shape index (κ1) is 10.5. The van der Waals surface area contributed by atoms with Gasteiger partial charge in [-0.15, -0.1) is 11.3 Å². The third-order valence-corrected chi connectivity index (χ3v) is 4.53. The Balaban J connectivity index is 2.54. The van der Waals surface area contributed by atoms with Crippen LogP contribution >= 0.6 is 11.3 Å². The molecule has 0 N–H and O–H groups in total. The molecule has 82 valence electrons. The van der Waals surface area contributed by atoms with Crippen LogP contribution in [0.3, 0.4) is 0 Å². The molecule has 3 rings (SSSR count). The van der Waals surface area contributed by atoms with Gasteiger partial charge in [-0.2, -0.15) is 0 Å². The minimum Gasteiger partial charge on any atom is -0.289 e. The molecule has 0 saturated carbocycles. The predicted molar refractivity (Wildman–Crippen MR) is 71.0 cm³/mol. The van der Waals surface area contributed by atoms with Crippen LogP contribution < -0.4 is 5.43 Å². The van der Waals surface area contributed by atoms with E-state index in [0.29, 0.717) is 22.1 Å². The van der Waals surface area contributed by atoms with E-state index in [9.17, 15) is 9.00 Å². The third kappa shape index (κ3) is 1.66. The topological polar surface area (TPSA) is 34.1 Å². The van der Waals surface area contributed by atoms with Crippen LogP contribution in [0.4, 0.5) is 0 Å². The van der Waals surface area contributed by atoms with Gasteiger partial charge in [-0.05, 0) is 23.6 Å². The average molecular weight is 259 g/mol. The average Bonchev–Trinajstić information content (AvgIpc) is 2.38. The molecule has 0 bridgehead atoms. The van der Waals surface area contributed by atoms with E-state index in [0.717, 1.165) is 15.0 Å². The zero-order valence-corrected chi connectivity index (χ0v) is 10.3. The summed E-state index contributed by atoms with van der Waals surface area (Å²) < 4.78 is 12.1. The van der Waals surface area contributed by atoms with Crippen molar-refractivity contribution in [3.8, 4) is 10.4 Å². The van der Waals surface area contributed by atoms with Crippen molar-refractivity contribution in [1.82, 2.24) is 0 Å². The maximum absolute atomic E-state index is 11.8. The van der Waals surface area contributed by atoms with Crippen LogP contribution in [0.15, 0.2) is 52.2 Å². The monoisotopic (exact) mass is 259 g/mol. The van der Waals surface area contributed by atoms with Gasteiger partial charge in [-0.1, -0.05) is 18.2 Å². The van der Waals surface area contributed by atoms with Crippen molar-refractivity contribution in [2.75, 3.05) is 0 Å². The molecule has 0 unspecified atom stereocenters. The van der Waals surface area contributed by atoms with Gasteiger partial charge < -0.3 is 0 Å². The maximum atomic E-state index is 11.8. The van der Waals surface area contributed by atoms with Gasteiger partial charge in [-0.25, -0.2) is 0 Å². The summed E-state index contributed by atoms with van der Waals surface area (Å²) in [5.74, 6) is 0. The Morgan fingerprint density at radius 2 is 1.88 bits per heavy atom. The first-order valence-electron chi connectivity index (χ1n) is 5.05. The SMILES string of the molecule is O=[S+]c1ccc(=O)c2cc3ccccc3sc1-2. The second-order valence-electron chi connectivity index (χ2n) is 3.67. The van der Waals surface area contributed by atoms with Crippen molar-refractivity contribution in [2.45, 2.75) is 4.90 Å². The lowest BCUT2D eigenvalue weighted by atomic mass is 10.1. The van der Waals surface area contributed by atoms with Crippen LogP contribution in [0.1, 0.15) is 0 Å². The van der Waals surface area contributed by atoms with E-state index in [1.54, 1.807) is 6.07 Å². The molecule has 0 atom stereocenters. The molecule has 0 aromatic heterocycles.